The number of halogens is 1. The monoisotopic (exact) mass is 297 g/mol. The van der Waals surface area contributed by atoms with Crippen molar-refractivity contribution >= 4 is 21.8 Å². The van der Waals surface area contributed by atoms with Crippen LogP contribution < -0.4 is 5.32 Å². The van der Waals surface area contributed by atoms with Crippen LogP contribution in [0.2, 0.25) is 0 Å². The number of ether oxygens (including phenoxy) is 1. The van der Waals surface area contributed by atoms with E-state index in [1.54, 1.807) is 0 Å². The lowest BCUT2D eigenvalue weighted by atomic mass is 10.0. The number of hydrogen-bond donors (Lipinski definition) is 1. The van der Waals surface area contributed by atoms with Crippen LogP contribution in [0.3, 0.4) is 0 Å². The molecule has 0 spiro atoms. The van der Waals surface area contributed by atoms with Crippen molar-refractivity contribution in [3.05, 3.63) is 35.9 Å². The molecule has 1 aromatic carbocycles. The minimum Gasteiger partial charge on any atom is -0.349 e. The van der Waals surface area contributed by atoms with Gasteiger partial charge in [-0.25, -0.2) is 0 Å². The van der Waals surface area contributed by atoms with E-state index in [2.05, 4.69) is 35.1 Å². The summed E-state index contributed by atoms with van der Waals surface area (Å²) in [7, 11) is 0. The van der Waals surface area contributed by atoms with Crippen LogP contribution in [0.1, 0.15) is 25.6 Å². The standard InChI is InChI=1S/C13H16BrNO2/c1-8(2)11-10(14)12(16)15-13(17-11)9-6-4-3-5-7-9/h3-8,10-11,13H,1-2H3,(H,15,16)/t10-,11+,13-/m0/s1. The number of rotatable bonds is 2. The van der Waals surface area contributed by atoms with Gasteiger partial charge in [0.15, 0.2) is 6.23 Å². The van der Waals surface area contributed by atoms with Crippen molar-refractivity contribution in [2.45, 2.75) is 31.0 Å². The Hall–Kier alpha value is -0.870. The molecule has 3 nitrogen and oxygen atoms in total. The predicted octanol–water partition coefficient (Wildman–Crippen LogP) is 2.62. The highest BCUT2D eigenvalue weighted by molar-refractivity contribution is 9.10. The number of hydrogen-bond acceptors (Lipinski definition) is 2. The summed E-state index contributed by atoms with van der Waals surface area (Å²) in [5.74, 6) is 0.278. The molecule has 0 saturated carbocycles. The highest BCUT2D eigenvalue weighted by Crippen LogP contribution is 2.29. The Morgan fingerprint density at radius 1 is 1.29 bits per heavy atom. The van der Waals surface area contributed by atoms with E-state index in [0.29, 0.717) is 0 Å². The van der Waals surface area contributed by atoms with E-state index in [1.165, 1.54) is 0 Å². The van der Waals surface area contributed by atoms with E-state index in [-0.39, 0.29) is 29.0 Å². The maximum absolute atomic E-state index is 11.9. The first-order chi connectivity index (χ1) is 8.09. The first-order valence-corrected chi connectivity index (χ1v) is 6.66. The molecule has 4 heteroatoms. The highest BCUT2D eigenvalue weighted by Gasteiger charge is 2.37. The fourth-order valence-electron chi connectivity index (χ4n) is 1.90. The predicted molar refractivity (Wildman–Crippen MR) is 69.8 cm³/mol. The van der Waals surface area contributed by atoms with Crippen LogP contribution in [-0.4, -0.2) is 16.8 Å². The zero-order valence-electron chi connectivity index (χ0n) is 9.89. The summed E-state index contributed by atoms with van der Waals surface area (Å²) in [6, 6.07) is 9.74. The first kappa shape index (κ1) is 12.6. The molecule has 92 valence electrons. The third kappa shape index (κ3) is 2.69. The number of benzene rings is 1. The molecule has 1 amide bonds. The molecule has 0 aliphatic carbocycles. The summed E-state index contributed by atoms with van der Waals surface area (Å²) in [6.45, 7) is 4.11. The van der Waals surface area contributed by atoms with Crippen LogP contribution in [0.15, 0.2) is 30.3 Å². The van der Waals surface area contributed by atoms with Crippen LogP contribution >= 0.6 is 15.9 Å². The van der Waals surface area contributed by atoms with Crippen LogP contribution in [0.4, 0.5) is 0 Å². The van der Waals surface area contributed by atoms with Gasteiger partial charge in [-0.05, 0) is 5.92 Å². The second-order valence-corrected chi connectivity index (χ2v) is 5.53. The Balaban J connectivity index is 2.19. The zero-order chi connectivity index (χ0) is 12.4. The summed E-state index contributed by atoms with van der Waals surface area (Å²) in [5.41, 5.74) is 0.978. The summed E-state index contributed by atoms with van der Waals surface area (Å²) in [5, 5.41) is 2.86. The molecule has 1 aliphatic heterocycles. The van der Waals surface area contributed by atoms with Crippen molar-refractivity contribution in [2.24, 2.45) is 5.92 Å². The third-order valence-electron chi connectivity index (χ3n) is 2.86. The average Bonchev–Trinajstić information content (AvgIpc) is 2.33. The van der Waals surface area contributed by atoms with Crippen LogP contribution in [0.25, 0.3) is 0 Å². The van der Waals surface area contributed by atoms with Crippen LogP contribution in [0, 0.1) is 5.92 Å². The van der Waals surface area contributed by atoms with Crippen molar-refractivity contribution < 1.29 is 9.53 Å². The minimum absolute atomic E-state index is 0.0104. The molecular formula is C13H16BrNO2. The van der Waals surface area contributed by atoms with Gasteiger partial charge in [0.25, 0.3) is 0 Å². The fraction of sp³-hybridized carbons (Fsp3) is 0.462. The summed E-state index contributed by atoms with van der Waals surface area (Å²) >= 11 is 3.38. The number of carbonyl (C=O) groups is 1. The molecule has 1 N–H and O–H groups in total. The van der Waals surface area contributed by atoms with Crippen molar-refractivity contribution in [1.82, 2.24) is 5.32 Å². The minimum atomic E-state index is -0.343. The Kier molecular flexibility index (Phi) is 3.84. The molecule has 2 rings (SSSR count). The molecule has 0 aromatic heterocycles. The average molecular weight is 298 g/mol. The van der Waals surface area contributed by atoms with Gasteiger partial charge in [0.2, 0.25) is 5.91 Å². The van der Waals surface area contributed by atoms with Gasteiger partial charge in [-0.3, -0.25) is 4.79 Å². The van der Waals surface area contributed by atoms with E-state index in [0.717, 1.165) is 5.56 Å². The van der Waals surface area contributed by atoms with Crippen molar-refractivity contribution in [2.75, 3.05) is 0 Å². The highest BCUT2D eigenvalue weighted by atomic mass is 79.9. The van der Waals surface area contributed by atoms with Crippen molar-refractivity contribution in [3.8, 4) is 0 Å². The second kappa shape index (κ2) is 5.19. The van der Waals surface area contributed by atoms with Crippen molar-refractivity contribution in [3.63, 3.8) is 0 Å². The van der Waals surface area contributed by atoms with Crippen LogP contribution in [0.5, 0.6) is 0 Å². The van der Waals surface area contributed by atoms with E-state index in [9.17, 15) is 4.79 Å². The summed E-state index contributed by atoms with van der Waals surface area (Å²) in [4.78, 5) is 11.6. The lowest BCUT2D eigenvalue weighted by molar-refractivity contribution is -0.144. The SMILES string of the molecule is CC(C)[C@H]1O[C@@H](c2ccccc2)NC(=O)[C@H]1Br. The number of amides is 1. The van der Waals surface area contributed by atoms with Gasteiger partial charge in [-0.2, -0.15) is 0 Å². The zero-order valence-corrected chi connectivity index (χ0v) is 11.5. The Morgan fingerprint density at radius 2 is 1.94 bits per heavy atom. The number of carbonyl (C=O) groups excluding carboxylic acids is 1. The molecule has 1 saturated heterocycles. The van der Waals surface area contributed by atoms with Gasteiger partial charge in [0, 0.05) is 5.56 Å². The molecule has 1 fully saturated rings. The van der Waals surface area contributed by atoms with E-state index in [1.807, 2.05) is 30.3 Å². The maximum Gasteiger partial charge on any atom is 0.238 e. The van der Waals surface area contributed by atoms with Gasteiger partial charge >= 0.3 is 0 Å². The topological polar surface area (TPSA) is 38.3 Å². The molecular weight excluding hydrogens is 282 g/mol. The second-order valence-electron chi connectivity index (χ2n) is 4.55. The van der Waals surface area contributed by atoms with Gasteiger partial charge in [-0.15, -0.1) is 0 Å². The molecule has 1 heterocycles. The normalized spacial score (nSPS) is 29.2. The molecule has 3 atom stereocenters. The van der Waals surface area contributed by atoms with E-state index < -0.39 is 0 Å². The van der Waals surface area contributed by atoms with Crippen LogP contribution in [-0.2, 0) is 9.53 Å². The lowest BCUT2D eigenvalue weighted by Crippen LogP contribution is -2.51. The van der Waals surface area contributed by atoms with E-state index >= 15 is 0 Å². The molecule has 0 radical (unpaired) electrons. The first-order valence-electron chi connectivity index (χ1n) is 5.74. The molecule has 1 aromatic rings. The lowest BCUT2D eigenvalue weighted by Gasteiger charge is -2.36. The largest absolute Gasteiger partial charge is 0.349 e. The van der Waals surface area contributed by atoms with Crippen molar-refractivity contribution in [1.29, 1.82) is 0 Å². The van der Waals surface area contributed by atoms with E-state index in [4.69, 9.17) is 4.74 Å². The molecule has 17 heavy (non-hydrogen) atoms. The van der Waals surface area contributed by atoms with Gasteiger partial charge in [0.05, 0.1) is 6.10 Å². The smallest absolute Gasteiger partial charge is 0.238 e. The molecule has 1 aliphatic rings. The van der Waals surface area contributed by atoms with Gasteiger partial charge in [-0.1, -0.05) is 60.1 Å². The Morgan fingerprint density at radius 3 is 2.53 bits per heavy atom. The number of alkyl halides is 1. The fourth-order valence-corrected chi connectivity index (χ4v) is 2.77. The Labute approximate surface area is 110 Å². The maximum atomic E-state index is 11.9. The van der Waals surface area contributed by atoms with Gasteiger partial charge < -0.3 is 10.1 Å². The summed E-state index contributed by atoms with van der Waals surface area (Å²) in [6.07, 6.45) is -0.446. The Bertz CT molecular complexity index is 394. The molecule has 0 bridgehead atoms. The molecule has 0 unspecified atom stereocenters. The number of nitrogens with one attached hydrogen (secondary N) is 1. The summed E-state index contributed by atoms with van der Waals surface area (Å²) < 4.78 is 5.94. The third-order valence-corrected chi connectivity index (χ3v) is 3.80. The quantitative estimate of drug-likeness (QED) is 0.852. The van der Waals surface area contributed by atoms with Gasteiger partial charge in [0.1, 0.15) is 4.83 Å².